The average molecular weight is 445 g/mol. The van der Waals surface area contributed by atoms with Crippen LogP contribution in [0.2, 0.25) is 0 Å². The summed E-state index contributed by atoms with van der Waals surface area (Å²) < 4.78 is 6.73. The molecule has 0 atom stereocenters. The van der Waals surface area contributed by atoms with E-state index in [0.29, 0.717) is 0 Å². The van der Waals surface area contributed by atoms with Gasteiger partial charge in [0, 0.05) is 16.5 Å². The molecule has 0 radical (unpaired) electrons. The van der Waals surface area contributed by atoms with Gasteiger partial charge in [0.05, 0.1) is 0 Å². The van der Waals surface area contributed by atoms with E-state index in [0.717, 1.165) is 22.6 Å². The Bertz CT molecular complexity index is 1980. The molecule has 1 aliphatic heterocycles. The van der Waals surface area contributed by atoms with Crippen LogP contribution in [0.1, 0.15) is 0 Å². The summed E-state index contributed by atoms with van der Waals surface area (Å²) in [6, 6.07) is 43.6. The van der Waals surface area contributed by atoms with Crippen LogP contribution in [-0.4, -0.2) is 0 Å². The van der Waals surface area contributed by atoms with Gasteiger partial charge >= 0.3 is 0 Å². The third kappa shape index (κ3) is 2.64. The second kappa shape index (κ2) is 6.94. The molecule has 1 nitrogen and oxygen atoms in total. The van der Waals surface area contributed by atoms with E-state index in [4.69, 9.17) is 4.74 Å². The van der Waals surface area contributed by atoms with E-state index < -0.39 is 0 Å². The van der Waals surface area contributed by atoms with Gasteiger partial charge in [-0.25, -0.2) is 0 Å². The zero-order chi connectivity index (χ0) is 22.9. The van der Waals surface area contributed by atoms with E-state index >= 15 is 0 Å². The third-order valence-corrected chi connectivity index (χ3v) is 7.42. The molecule has 0 N–H and O–H groups in total. The Morgan fingerprint density at radius 3 is 1.94 bits per heavy atom. The molecular weight excluding hydrogens is 424 g/mol. The van der Waals surface area contributed by atoms with Crippen molar-refractivity contribution in [2.45, 2.75) is 0 Å². The summed E-state index contributed by atoms with van der Waals surface area (Å²) in [4.78, 5) is 0. The van der Waals surface area contributed by atoms with Gasteiger partial charge in [-0.1, -0.05) is 109 Å². The van der Waals surface area contributed by atoms with Crippen LogP contribution < -0.4 is 4.74 Å². The fourth-order valence-electron chi connectivity index (χ4n) is 5.81. The van der Waals surface area contributed by atoms with Crippen LogP contribution in [0.4, 0.5) is 0 Å². The van der Waals surface area contributed by atoms with E-state index in [9.17, 15) is 0 Å². The Morgan fingerprint density at radius 1 is 0.400 bits per heavy atom. The summed E-state index contributed by atoms with van der Waals surface area (Å²) >= 11 is 0. The summed E-state index contributed by atoms with van der Waals surface area (Å²) in [6.07, 6.45) is 0. The molecule has 8 rings (SSSR count). The summed E-state index contributed by atoms with van der Waals surface area (Å²) in [7, 11) is 0. The minimum Gasteiger partial charge on any atom is -0.455 e. The second-order valence-electron chi connectivity index (χ2n) is 9.33. The molecule has 0 bridgehead atoms. The molecule has 1 aliphatic rings. The first-order valence-corrected chi connectivity index (χ1v) is 12.0. The van der Waals surface area contributed by atoms with Gasteiger partial charge in [-0.15, -0.1) is 0 Å². The highest BCUT2D eigenvalue weighted by molar-refractivity contribution is 6.17. The predicted molar refractivity (Wildman–Crippen MR) is 147 cm³/mol. The Balaban J connectivity index is 1.38. The van der Waals surface area contributed by atoms with Crippen LogP contribution in [-0.2, 0) is 0 Å². The SMILES string of the molecule is c1cc(-c2ccc3c(ccc4ccccc43)c2)c2c(c1)-c1cccc3c1c(cc1ccccc13)O2. The molecule has 1 heteroatoms. The largest absolute Gasteiger partial charge is 0.455 e. The third-order valence-electron chi connectivity index (χ3n) is 7.42. The van der Waals surface area contributed by atoms with Crippen LogP contribution in [0.15, 0.2) is 121 Å². The fraction of sp³-hybridized carbons (Fsp3) is 0. The molecule has 162 valence electrons. The smallest absolute Gasteiger partial charge is 0.143 e. The molecule has 0 saturated heterocycles. The highest BCUT2D eigenvalue weighted by Crippen LogP contribution is 2.51. The maximum absolute atomic E-state index is 6.73. The molecule has 0 saturated carbocycles. The monoisotopic (exact) mass is 444 g/mol. The molecule has 7 aromatic rings. The van der Waals surface area contributed by atoms with Crippen LogP contribution in [0, 0.1) is 0 Å². The van der Waals surface area contributed by atoms with Gasteiger partial charge in [0.15, 0.2) is 0 Å². The van der Waals surface area contributed by atoms with Crippen molar-refractivity contribution in [3.63, 3.8) is 0 Å². The lowest BCUT2D eigenvalue weighted by molar-refractivity contribution is 0.489. The summed E-state index contributed by atoms with van der Waals surface area (Å²) in [6.45, 7) is 0. The van der Waals surface area contributed by atoms with Crippen LogP contribution >= 0.6 is 0 Å². The highest BCUT2D eigenvalue weighted by atomic mass is 16.5. The number of para-hydroxylation sites is 1. The first kappa shape index (κ1) is 18.8. The number of benzene rings is 7. The summed E-state index contributed by atoms with van der Waals surface area (Å²) in [5.74, 6) is 1.86. The van der Waals surface area contributed by atoms with Crippen molar-refractivity contribution >= 4 is 43.1 Å². The van der Waals surface area contributed by atoms with Gasteiger partial charge in [0.1, 0.15) is 11.5 Å². The fourth-order valence-corrected chi connectivity index (χ4v) is 5.81. The minimum absolute atomic E-state index is 0.932. The lowest BCUT2D eigenvalue weighted by Gasteiger charge is -2.24. The molecular formula is C34H20O. The Labute approximate surface area is 202 Å². The molecule has 0 aromatic heterocycles. The van der Waals surface area contributed by atoms with Crippen molar-refractivity contribution in [1.29, 1.82) is 0 Å². The molecule has 0 spiro atoms. The predicted octanol–water partition coefficient (Wildman–Crippen LogP) is 9.74. The Kier molecular flexibility index (Phi) is 3.72. The second-order valence-corrected chi connectivity index (χ2v) is 9.33. The normalized spacial score (nSPS) is 12.2. The number of hydrogen-bond donors (Lipinski definition) is 0. The topological polar surface area (TPSA) is 9.23 Å². The van der Waals surface area contributed by atoms with E-state index in [1.807, 2.05) is 0 Å². The van der Waals surface area contributed by atoms with Crippen molar-refractivity contribution < 1.29 is 4.74 Å². The van der Waals surface area contributed by atoms with Crippen LogP contribution in [0.25, 0.3) is 65.3 Å². The molecule has 0 unspecified atom stereocenters. The minimum atomic E-state index is 0.932. The standard InChI is InChI=1S/C34H20O/c1-3-9-25-21(7-1)15-16-23-19-24(17-18-27(23)25)28-11-5-14-31-30-13-6-12-29-26-10-4-2-8-22(26)20-32(33(29)30)35-34(28)31/h1-20H. The number of fused-ring (bicyclic) bond motifs is 7. The zero-order valence-electron chi connectivity index (χ0n) is 19.0. The maximum atomic E-state index is 6.73. The van der Waals surface area contributed by atoms with E-state index in [2.05, 4.69) is 121 Å². The van der Waals surface area contributed by atoms with Gasteiger partial charge in [-0.2, -0.15) is 0 Å². The van der Waals surface area contributed by atoms with Crippen molar-refractivity contribution in [3.8, 4) is 33.8 Å². The van der Waals surface area contributed by atoms with Gasteiger partial charge in [-0.3, -0.25) is 0 Å². The molecule has 1 heterocycles. The number of rotatable bonds is 1. The van der Waals surface area contributed by atoms with Gasteiger partial charge in [0.2, 0.25) is 0 Å². The molecule has 0 amide bonds. The van der Waals surface area contributed by atoms with Crippen molar-refractivity contribution in [2.75, 3.05) is 0 Å². The lowest BCUT2D eigenvalue weighted by Crippen LogP contribution is -1.99. The quantitative estimate of drug-likeness (QED) is 0.229. The summed E-state index contributed by atoms with van der Waals surface area (Å²) in [5, 5.41) is 9.97. The van der Waals surface area contributed by atoms with Crippen molar-refractivity contribution in [2.24, 2.45) is 0 Å². The highest BCUT2D eigenvalue weighted by Gasteiger charge is 2.24. The first-order valence-electron chi connectivity index (χ1n) is 12.0. The van der Waals surface area contributed by atoms with Crippen molar-refractivity contribution in [1.82, 2.24) is 0 Å². The Morgan fingerprint density at radius 2 is 1.03 bits per heavy atom. The van der Waals surface area contributed by atoms with Crippen molar-refractivity contribution in [3.05, 3.63) is 121 Å². The molecule has 35 heavy (non-hydrogen) atoms. The zero-order valence-corrected chi connectivity index (χ0v) is 19.0. The molecule has 7 aromatic carbocycles. The van der Waals surface area contributed by atoms with E-state index in [1.54, 1.807) is 0 Å². The molecule has 0 aliphatic carbocycles. The number of hydrogen-bond acceptors (Lipinski definition) is 1. The van der Waals surface area contributed by atoms with Gasteiger partial charge in [-0.05, 0) is 61.0 Å². The lowest BCUT2D eigenvalue weighted by atomic mass is 9.89. The van der Waals surface area contributed by atoms with Crippen LogP contribution in [0.5, 0.6) is 11.5 Å². The molecule has 0 fully saturated rings. The average Bonchev–Trinajstić information content (AvgIpc) is 2.92. The van der Waals surface area contributed by atoms with E-state index in [1.165, 1.54) is 54.2 Å². The Hall–Kier alpha value is -4.62. The summed E-state index contributed by atoms with van der Waals surface area (Å²) in [5.41, 5.74) is 4.67. The van der Waals surface area contributed by atoms with Gasteiger partial charge < -0.3 is 4.74 Å². The van der Waals surface area contributed by atoms with Crippen LogP contribution in [0.3, 0.4) is 0 Å². The first-order chi connectivity index (χ1) is 17.3. The van der Waals surface area contributed by atoms with Gasteiger partial charge in [0.25, 0.3) is 0 Å². The maximum Gasteiger partial charge on any atom is 0.143 e. The van der Waals surface area contributed by atoms with E-state index in [-0.39, 0.29) is 0 Å². The number of ether oxygens (including phenoxy) is 1.